The number of nitrogens with zero attached hydrogens (tertiary/aromatic N) is 3. The van der Waals surface area contributed by atoms with E-state index in [1.54, 1.807) is 13.0 Å². The Morgan fingerprint density at radius 1 is 1.04 bits per heavy atom. The van der Waals surface area contributed by atoms with Crippen LogP contribution in [0.5, 0.6) is 0 Å². The third kappa shape index (κ3) is 4.54. The summed E-state index contributed by atoms with van der Waals surface area (Å²) in [5.41, 5.74) is 7.01. The van der Waals surface area contributed by atoms with Crippen LogP contribution >= 0.6 is 0 Å². The predicted molar refractivity (Wildman–Crippen MR) is 105 cm³/mol. The number of nitrogens with two attached hydrogens (primary N) is 1. The minimum Gasteiger partial charge on any atom is -0.368 e. The van der Waals surface area contributed by atoms with Gasteiger partial charge in [-0.3, -0.25) is 5.10 Å². The van der Waals surface area contributed by atoms with E-state index < -0.39 is 17.7 Å². The number of hydrogen-bond acceptors (Lipinski definition) is 6. The quantitative estimate of drug-likeness (QED) is 0.521. The molecule has 2 aromatic heterocycles. The van der Waals surface area contributed by atoms with E-state index in [1.165, 1.54) is 12.1 Å². The van der Waals surface area contributed by atoms with Crippen LogP contribution in [0.25, 0.3) is 0 Å². The van der Waals surface area contributed by atoms with Gasteiger partial charge in [0, 0.05) is 34.9 Å². The summed E-state index contributed by atoms with van der Waals surface area (Å²) in [6.45, 7) is 7.96. The van der Waals surface area contributed by atoms with Gasteiger partial charge < -0.3 is 16.4 Å². The van der Waals surface area contributed by atoms with Crippen molar-refractivity contribution in [1.82, 2.24) is 20.2 Å². The minimum absolute atomic E-state index is 0.0471. The zero-order valence-electron chi connectivity index (χ0n) is 16.1. The number of anilines is 4. The van der Waals surface area contributed by atoms with Crippen molar-refractivity contribution in [3.8, 4) is 0 Å². The maximum Gasteiger partial charge on any atom is 0.223 e. The first-order valence-electron chi connectivity index (χ1n) is 8.81. The van der Waals surface area contributed by atoms with Gasteiger partial charge in [-0.1, -0.05) is 26.8 Å². The normalized spacial score (nSPS) is 12.6. The smallest absolute Gasteiger partial charge is 0.223 e. The van der Waals surface area contributed by atoms with Gasteiger partial charge >= 0.3 is 0 Å². The van der Waals surface area contributed by atoms with Crippen LogP contribution in [-0.4, -0.2) is 20.2 Å². The lowest BCUT2D eigenvalue weighted by molar-refractivity contribution is 0.566. The molecule has 148 valence electrons. The van der Waals surface area contributed by atoms with E-state index in [0.29, 0.717) is 23.0 Å². The summed E-state index contributed by atoms with van der Waals surface area (Å²) >= 11 is 0. The molecule has 3 rings (SSSR count). The van der Waals surface area contributed by atoms with Gasteiger partial charge in [-0.25, -0.2) is 8.78 Å². The average Bonchev–Trinajstić information content (AvgIpc) is 3.02. The number of rotatable bonds is 5. The fourth-order valence-electron chi connectivity index (χ4n) is 2.66. The van der Waals surface area contributed by atoms with Crippen molar-refractivity contribution in [2.75, 3.05) is 16.4 Å². The number of nitrogen functional groups attached to an aromatic ring is 1. The summed E-state index contributed by atoms with van der Waals surface area (Å²) in [5.74, 6) is 0.218. The monoisotopic (exact) mass is 387 g/mol. The van der Waals surface area contributed by atoms with Crippen molar-refractivity contribution < 1.29 is 8.78 Å². The standard InChI is InChI=1S/C19H23F2N7/c1-10(12-6-5-11(20)7-13(12)21)23-15-9-16(26-18(22)25-15)24-17-8-14(27-28-17)19(2,3)4/h5-10H,1-4H3,(H5,22,23,24,25,26,27,28). The molecule has 0 aliphatic heterocycles. The van der Waals surface area contributed by atoms with E-state index in [0.717, 1.165) is 11.8 Å². The number of hydrogen-bond donors (Lipinski definition) is 4. The highest BCUT2D eigenvalue weighted by Gasteiger charge is 2.17. The molecule has 0 fully saturated rings. The zero-order valence-corrected chi connectivity index (χ0v) is 16.1. The Balaban J connectivity index is 1.78. The van der Waals surface area contributed by atoms with Crippen LogP contribution in [0, 0.1) is 11.6 Å². The largest absolute Gasteiger partial charge is 0.368 e. The highest BCUT2D eigenvalue weighted by Crippen LogP contribution is 2.26. The van der Waals surface area contributed by atoms with E-state index in [1.807, 2.05) is 6.07 Å². The second kappa shape index (κ2) is 7.41. The van der Waals surface area contributed by atoms with Crippen LogP contribution < -0.4 is 16.4 Å². The first-order valence-corrected chi connectivity index (χ1v) is 8.81. The van der Waals surface area contributed by atoms with Crippen LogP contribution in [0.2, 0.25) is 0 Å². The van der Waals surface area contributed by atoms with E-state index in [9.17, 15) is 8.78 Å². The number of aromatic amines is 1. The van der Waals surface area contributed by atoms with Gasteiger partial charge in [-0.05, 0) is 13.0 Å². The Morgan fingerprint density at radius 3 is 2.39 bits per heavy atom. The molecule has 28 heavy (non-hydrogen) atoms. The zero-order chi connectivity index (χ0) is 20.5. The number of nitrogens with one attached hydrogen (secondary N) is 3. The Hall–Kier alpha value is -3.23. The molecule has 0 aliphatic rings. The average molecular weight is 387 g/mol. The van der Waals surface area contributed by atoms with Gasteiger partial charge in [0.15, 0.2) is 5.82 Å². The summed E-state index contributed by atoms with van der Waals surface area (Å²) in [7, 11) is 0. The molecule has 5 N–H and O–H groups in total. The second-order valence-corrected chi connectivity index (χ2v) is 7.57. The lowest BCUT2D eigenvalue weighted by Crippen LogP contribution is -2.12. The van der Waals surface area contributed by atoms with Gasteiger partial charge in [0.25, 0.3) is 0 Å². The Morgan fingerprint density at radius 2 is 1.75 bits per heavy atom. The van der Waals surface area contributed by atoms with Crippen molar-refractivity contribution in [1.29, 1.82) is 0 Å². The lowest BCUT2D eigenvalue weighted by Gasteiger charge is -2.16. The van der Waals surface area contributed by atoms with Crippen LogP contribution in [0.1, 0.15) is 45.0 Å². The third-order valence-corrected chi connectivity index (χ3v) is 4.18. The Bertz CT molecular complexity index is 979. The van der Waals surface area contributed by atoms with Gasteiger partial charge in [-0.2, -0.15) is 15.1 Å². The van der Waals surface area contributed by atoms with Crippen molar-refractivity contribution in [3.05, 3.63) is 53.2 Å². The highest BCUT2D eigenvalue weighted by atomic mass is 19.1. The molecule has 1 unspecified atom stereocenters. The molecule has 0 aliphatic carbocycles. The molecule has 0 radical (unpaired) electrons. The summed E-state index contributed by atoms with van der Waals surface area (Å²) in [4.78, 5) is 8.27. The first-order chi connectivity index (χ1) is 13.1. The first kappa shape index (κ1) is 19.5. The minimum atomic E-state index is -0.633. The Labute approximate surface area is 161 Å². The van der Waals surface area contributed by atoms with Crippen LogP contribution in [0.4, 0.5) is 32.2 Å². The molecule has 3 aromatic rings. The second-order valence-electron chi connectivity index (χ2n) is 7.57. The molecule has 1 aromatic carbocycles. The maximum absolute atomic E-state index is 14.0. The molecule has 7 nitrogen and oxygen atoms in total. The summed E-state index contributed by atoms with van der Waals surface area (Å²) in [5, 5.41) is 13.3. The maximum atomic E-state index is 14.0. The van der Waals surface area contributed by atoms with Crippen molar-refractivity contribution >= 4 is 23.4 Å². The molecule has 0 amide bonds. The number of benzene rings is 1. The van der Waals surface area contributed by atoms with Crippen LogP contribution in [0.15, 0.2) is 30.3 Å². The molecule has 0 bridgehead atoms. The fraction of sp³-hybridized carbons (Fsp3) is 0.316. The van der Waals surface area contributed by atoms with E-state index in [4.69, 9.17) is 5.73 Å². The van der Waals surface area contributed by atoms with Gasteiger partial charge in [0.1, 0.15) is 23.3 Å². The van der Waals surface area contributed by atoms with E-state index in [-0.39, 0.29) is 11.4 Å². The van der Waals surface area contributed by atoms with Crippen molar-refractivity contribution in [3.63, 3.8) is 0 Å². The lowest BCUT2D eigenvalue weighted by atomic mass is 9.92. The molecule has 0 saturated heterocycles. The van der Waals surface area contributed by atoms with Crippen molar-refractivity contribution in [2.45, 2.75) is 39.2 Å². The van der Waals surface area contributed by atoms with Crippen LogP contribution in [-0.2, 0) is 5.41 Å². The van der Waals surface area contributed by atoms with E-state index in [2.05, 4.69) is 51.6 Å². The summed E-state index contributed by atoms with van der Waals surface area (Å²) in [6.07, 6.45) is 0. The predicted octanol–water partition coefficient (Wildman–Crippen LogP) is 4.27. The van der Waals surface area contributed by atoms with Gasteiger partial charge in [-0.15, -0.1) is 0 Å². The fourth-order valence-corrected chi connectivity index (χ4v) is 2.66. The summed E-state index contributed by atoms with van der Waals surface area (Å²) in [6, 6.07) is 6.52. The molecule has 0 saturated carbocycles. The molecule has 0 spiro atoms. The van der Waals surface area contributed by atoms with Gasteiger partial charge in [0.2, 0.25) is 5.95 Å². The number of aromatic nitrogens is 4. The molecular formula is C19H23F2N7. The summed E-state index contributed by atoms with van der Waals surface area (Å²) < 4.78 is 27.1. The molecule has 1 atom stereocenters. The molecule has 2 heterocycles. The van der Waals surface area contributed by atoms with Crippen molar-refractivity contribution in [2.24, 2.45) is 0 Å². The van der Waals surface area contributed by atoms with Crippen LogP contribution in [0.3, 0.4) is 0 Å². The topological polar surface area (TPSA) is 105 Å². The van der Waals surface area contributed by atoms with Gasteiger partial charge in [0.05, 0.1) is 6.04 Å². The SMILES string of the molecule is CC(Nc1cc(Nc2cc(C(C)(C)C)[nH]n2)nc(N)n1)c1ccc(F)cc1F. The number of halogens is 2. The molecule has 9 heteroatoms. The highest BCUT2D eigenvalue weighted by molar-refractivity contribution is 5.59. The Kier molecular flexibility index (Phi) is 5.17. The number of H-pyrrole nitrogens is 1. The van der Waals surface area contributed by atoms with E-state index >= 15 is 0 Å². The molecular weight excluding hydrogens is 364 g/mol. The third-order valence-electron chi connectivity index (χ3n) is 4.18.